The van der Waals surface area contributed by atoms with Crippen molar-refractivity contribution in [2.45, 2.75) is 13.3 Å². The maximum absolute atomic E-state index is 6.70. The third-order valence-corrected chi connectivity index (χ3v) is 8.24. The standard InChI is InChI=1S/C42H33NO/c1-3-13-35(26-22-30(2)31-14-6-4-7-15-31)43(36-27-23-33(24-28-36)32-16-8-5-9-17-32)39-21-12-20-38-41-37-19-11-10-18-34(37)25-29-40(41)44-42(38)39/h3-12,14-29H,1,13H2,2H3/b30-22+,35-26+. The second-order valence-corrected chi connectivity index (χ2v) is 11.0. The van der Waals surface area contributed by atoms with Gasteiger partial charge in [0.1, 0.15) is 5.58 Å². The summed E-state index contributed by atoms with van der Waals surface area (Å²) in [4.78, 5) is 2.32. The van der Waals surface area contributed by atoms with Gasteiger partial charge < -0.3 is 9.32 Å². The largest absolute Gasteiger partial charge is 0.454 e. The van der Waals surface area contributed by atoms with Gasteiger partial charge in [-0.15, -0.1) is 6.58 Å². The summed E-state index contributed by atoms with van der Waals surface area (Å²) in [5.41, 5.74) is 9.67. The van der Waals surface area contributed by atoms with Gasteiger partial charge in [-0.2, -0.15) is 0 Å². The molecule has 7 rings (SSSR count). The Kier molecular flexibility index (Phi) is 7.40. The molecular weight excluding hydrogens is 534 g/mol. The molecule has 0 N–H and O–H groups in total. The number of fused-ring (bicyclic) bond motifs is 5. The minimum Gasteiger partial charge on any atom is -0.454 e. The van der Waals surface area contributed by atoms with Crippen LogP contribution in [-0.4, -0.2) is 0 Å². The Balaban J connectivity index is 1.44. The van der Waals surface area contributed by atoms with Crippen molar-refractivity contribution >= 4 is 49.7 Å². The van der Waals surface area contributed by atoms with Crippen LogP contribution in [0.1, 0.15) is 18.9 Å². The van der Waals surface area contributed by atoms with Crippen molar-refractivity contribution in [3.8, 4) is 11.1 Å². The van der Waals surface area contributed by atoms with Gasteiger partial charge in [-0.1, -0.05) is 127 Å². The lowest BCUT2D eigenvalue weighted by Crippen LogP contribution is -2.16. The number of hydrogen-bond acceptors (Lipinski definition) is 2. The van der Waals surface area contributed by atoms with Crippen LogP contribution in [0.5, 0.6) is 0 Å². The third-order valence-electron chi connectivity index (χ3n) is 8.24. The first kappa shape index (κ1) is 27.2. The fourth-order valence-electron chi connectivity index (χ4n) is 6.02. The fourth-order valence-corrected chi connectivity index (χ4v) is 6.02. The van der Waals surface area contributed by atoms with Gasteiger partial charge in [0, 0.05) is 28.6 Å². The summed E-state index contributed by atoms with van der Waals surface area (Å²) < 4.78 is 6.70. The molecule has 0 fully saturated rings. The summed E-state index contributed by atoms with van der Waals surface area (Å²) in [6, 6.07) is 49.0. The Morgan fingerprint density at radius 2 is 1.34 bits per heavy atom. The van der Waals surface area contributed by atoms with E-state index in [-0.39, 0.29) is 0 Å². The van der Waals surface area contributed by atoms with E-state index in [1.54, 1.807) is 0 Å². The summed E-state index contributed by atoms with van der Waals surface area (Å²) in [7, 11) is 0. The van der Waals surface area contributed by atoms with Crippen molar-refractivity contribution in [2.75, 3.05) is 4.90 Å². The molecule has 0 radical (unpaired) electrons. The summed E-state index contributed by atoms with van der Waals surface area (Å²) in [5.74, 6) is 0. The van der Waals surface area contributed by atoms with E-state index in [1.165, 1.54) is 33.0 Å². The van der Waals surface area contributed by atoms with Gasteiger partial charge in [0.25, 0.3) is 0 Å². The SMILES string of the molecule is C=CC/C(=C\C=C(/C)c1ccccc1)N(c1ccc(-c2ccccc2)cc1)c1cccc2c1oc1ccc3ccccc3c12. The highest BCUT2D eigenvalue weighted by Gasteiger charge is 2.21. The van der Waals surface area contributed by atoms with E-state index in [0.29, 0.717) is 6.42 Å². The zero-order valence-corrected chi connectivity index (χ0v) is 24.8. The van der Waals surface area contributed by atoms with Crippen LogP contribution in [-0.2, 0) is 0 Å². The molecule has 0 saturated carbocycles. The van der Waals surface area contributed by atoms with Gasteiger partial charge in [-0.3, -0.25) is 0 Å². The van der Waals surface area contributed by atoms with E-state index < -0.39 is 0 Å². The van der Waals surface area contributed by atoms with Crippen LogP contribution in [0.2, 0.25) is 0 Å². The Morgan fingerprint density at radius 1 is 0.659 bits per heavy atom. The van der Waals surface area contributed by atoms with Gasteiger partial charge in [-0.05, 0) is 70.3 Å². The smallest absolute Gasteiger partial charge is 0.159 e. The Morgan fingerprint density at radius 3 is 2.11 bits per heavy atom. The number of nitrogens with zero attached hydrogens (tertiary/aromatic N) is 1. The van der Waals surface area contributed by atoms with E-state index in [2.05, 4.69) is 158 Å². The van der Waals surface area contributed by atoms with Crippen molar-refractivity contribution in [1.82, 2.24) is 0 Å². The van der Waals surface area contributed by atoms with E-state index >= 15 is 0 Å². The van der Waals surface area contributed by atoms with Crippen molar-refractivity contribution in [3.63, 3.8) is 0 Å². The molecule has 0 aliphatic heterocycles. The zero-order chi connectivity index (χ0) is 29.9. The second-order valence-electron chi connectivity index (χ2n) is 11.0. The van der Waals surface area contributed by atoms with E-state index in [1.807, 2.05) is 18.2 Å². The van der Waals surface area contributed by atoms with E-state index in [4.69, 9.17) is 4.42 Å². The predicted molar refractivity (Wildman–Crippen MR) is 188 cm³/mol. The first-order valence-electron chi connectivity index (χ1n) is 15.0. The van der Waals surface area contributed by atoms with Crippen molar-refractivity contribution in [1.29, 1.82) is 0 Å². The van der Waals surface area contributed by atoms with Crippen molar-refractivity contribution in [2.24, 2.45) is 0 Å². The van der Waals surface area contributed by atoms with Crippen LogP contribution >= 0.6 is 0 Å². The number of allylic oxidation sites excluding steroid dienone is 4. The Labute approximate surface area is 258 Å². The monoisotopic (exact) mass is 567 g/mol. The molecule has 2 heteroatoms. The molecule has 0 aliphatic rings. The predicted octanol–water partition coefficient (Wildman–Crippen LogP) is 12.1. The number of anilines is 2. The van der Waals surface area contributed by atoms with Crippen LogP contribution in [0.4, 0.5) is 11.4 Å². The lowest BCUT2D eigenvalue weighted by atomic mass is 10.0. The number of para-hydroxylation sites is 1. The molecular formula is C42H33NO. The first-order valence-corrected chi connectivity index (χ1v) is 15.0. The molecule has 6 aromatic carbocycles. The maximum atomic E-state index is 6.70. The lowest BCUT2D eigenvalue weighted by molar-refractivity contribution is 0.669. The molecule has 0 unspecified atom stereocenters. The molecule has 44 heavy (non-hydrogen) atoms. The highest BCUT2D eigenvalue weighted by atomic mass is 16.3. The molecule has 0 aliphatic carbocycles. The number of hydrogen-bond donors (Lipinski definition) is 0. The molecule has 0 amide bonds. The second kappa shape index (κ2) is 11.9. The lowest BCUT2D eigenvalue weighted by Gasteiger charge is -2.28. The van der Waals surface area contributed by atoms with Gasteiger partial charge in [-0.25, -0.2) is 0 Å². The minimum atomic E-state index is 0.679. The fraction of sp³-hybridized carbons (Fsp3) is 0.0476. The average Bonchev–Trinajstić information content (AvgIpc) is 3.48. The van der Waals surface area contributed by atoms with Gasteiger partial charge >= 0.3 is 0 Å². The molecule has 0 atom stereocenters. The summed E-state index contributed by atoms with van der Waals surface area (Å²) >= 11 is 0. The summed E-state index contributed by atoms with van der Waals surface area (Å²) in [6.07, 6.45) is 7.06. The molecule has 7 aromatic rings. The minimum absolute atomic E-state index is 0.679. The molecule has 0 saturated heterocycles. The van der Waals surface area contributed by atoms with Crippen molar-refractivity contribution in [3.05, 3.63) is 176 Å². The van der Waals surface area contributed by atoms with Crippen LogP contribution in [0.3, 0.4) is 0 Å². The topological polar surface area (TPSA) is 16.4 Å². The molecule has 0 bridgehead atoms. The maximum Gasteiger partial charge on any atom is 0.159 e. The molecule has 0 spiro atoms. The highest BCUT2D eigenvalue weighted by Crippen LogP contribution is 2.43. The van der Waals surface area contributed by atoms with E-state index in [9.17, 15) is 0 Å². The average molecular weight is 568 g/mol. The highest BCUT2D eigenvalue weighted by molar-refractivity contribution is 6.20. The Bertz CT molecular complexity index is 2150. The molecule has 212 valence electrons. The van der Waals surface area contributed by atoms with Crippen LogP contribution in [0.25, 0.3) is 49.4 Å². The Hall–Kier alpha value is -5.60. The van der Waals surface area contributed by atoms with Crippen molar-refractivity contribution < 1.29 is 4.42 Å². The quantitative estimate of drug-likeness (QED) is 0.134. The molecule has 2 nitrogen and oxygen atoms in total. The number of benzene rings is 6. The summed E-state index contributed by atoms with van der Waals surface area (Å²) in [6.45, 7) is 6.28. The van der Waals surface area contributed by atoms with Gasteiger partial charge in [0.05, 0.1) is 5.69 Å². The molecule has 1 heterocycles. The first-order chi connectivity index (χ1) is 21.7. The van der Waals surface area contributed by atoms with Gasteiger partial charge in [0.15, 0.2) is 5.58 Å². The van der Waals surface area contributed by atoms with E-state index in [0.717, 1.165) is 39.0 Å². The number of rotatable bonds is 8. The van der Waals surface area contributed by atoms with Crippen LogP contribution < -0.4 is 4.90 Å². The number of furan rings is 1. The third kappa shape index (κ3) is 5.12. The normalized spacial score (nSPS) is 12.2. The van der Waals surface area contributed by atoms with Crippen LogP contribution in [0, 0.1) is 0 Å². The molecule has 1 aromatic heterocycles. The zero-order valence-electron chi connectivity index (χ0n) is 24.8. The van der Waals surface area contributed by atoms with Gasteiger partial charge in [0.2, 0.25) is 0 Å². The van der Waals surface area contributed by atoms with Crippen LogP contribution in [0.15, 0.2) is 174 Å². The summed E-state index contributed by atoms with van der Waals surface area (Å²) in [5, 5.41) is 4.65.